The summed E-state index contributed by atoms with van der Waals surface area (Å²) in [6.45, 7) is 2.52. The van der Waals surface area contributed by atoms with Gasteiger partial charge >= 0.3 is 0 Å². The highest BCUT2D eigenvalue weighted by Gasteiger charge is 2.40. The van der Waals surface area contributed by atoms with Crippen LogP contribution in [-0.2, 0) is 22.9 Å². The minimum absolute atomic E-state index is 0.125. The summed E-state index contributed by atoms with van der Waals surface area (Å²) >= 11 is 0. The lowest BCUT2D eigenvalue weighted by Crippen LogP contribution is -2.42. The third-order valence-electron chi connectivity index (χ3n) is 7.11. The minimum Gasteiger partial charge on any atom is -0.338 e. The van der Waals surface area contributed by atoms with E-state index in [1.54, 1.807) is 0 Å². The Morgan fingerprint density at radius 2 is 1.64 bits per heavy atom. The Labute approximate surface area is 198 Å². The van der Waals surface area contributed by atoms with E-state index in [9.17, 15) is 4.21 Å². The Kier molecular flexibility index (Phi) is 6.99. The second-order valence-corrected chi connectivity index (χ2v) is 10.5. The number of likely N-dealkylation sites (tertiary alicyclic amines) is 1. The Balaban J connectivity index is 1.20. The van der Waals surface area contributed by atoms with Gasteiger partial charge in [-0.2, -0.15) is 4.98 Å². The highest BCUT2D eigenvalue weighted by Crippen LogP contribution is 2.43. The molecule has 3 aromatic rings. The van der Waals surface area contributed by atoms with Gasteiger partial charge in [-0.05, 0) is 43.4 Å². The third-order valence-corrected chi connectivity index (χ3v) is 8.35. The molecule has 2 fully saturated rings. The summed E-state index contributed by atoms with van der Waals surface area (Å²) in [5.41, 5.74) is 1.18. The smallest absolute Gasteiger partial charge is 0.240 e. The molecule has 2 heterocycles. The number of hydrogen-bond acceptors (Lipinski definition) is 5. The van der Waals surface area contributed by atoms with Crippen LogP contribution < -0.4 is 4.72 Å². The molecule has 1 saturated heterocycles. The standard InChI is InChI=1S/C26H32N4O2S/c31-33(23-12-6-2-7-13-23)29-22-14-18-30(19-15-22)20-24-27-25(28-32-24)26(16-8-3-9-17-26)21-10-4-1-5-11-21/h1-2,4-7,10-13,22,29H,3,8-9,14-20H2. The molecular formula is C26H32N4O2S. The SMILES string of the molecule is O=S(NC1CCN(Cc2nc(C3(c4ccccc4)CCCCC3)no2)CC1)c1ccccc1. The molecule has 1 N–H and O–H groups in total. The van der Waals surface area contributed by atoms with E-state index in [0.29, 0.717) is 12.4 Å². The Morgan fingerprint density at radius 3 is 2.33 bits per heavy atom. The topological polar surface area (TPSA) is 71.3 Å². The van der Waals surface area contributed by atoms with Crippen LogP contribution in [0.5, 0.6) is 0 Å². The van der Waals surface area contributed by atoms with E-state index in [0.717, 1.165) is 49.5 Å². The molecule has 1 atom stereocenters. The van der Waals surface area contributed by atoms with Crippen molar-refractivity contribution in [2.75, 3.05) is 13.1 Å². The summed E-state index contributed by atoms with van der Waals surface area (Å²) in [5, 5.41) is 4.48. The molecule has 174 valence electrons. The molecule has 33 heavy (non-hydrogen) atoms. The summed E-state index contributed by atoms with van der Waals surface area (Å²) in [6, 6.07) is 20.5. The zero-order valence-electron chi connectivity index (χ0n) is 19.0. The molecule has 0 amide bonds. The highest BCUT2D eigenvalue weighted by atomic mass is 32.2. The summed E-state index contributed by atoms with van der Waals surface area (Å²) in [6.07, 6.45) is 7.73. The minimum atomic E-state index is -1.16. The zero-order valence-corrected chi connectivity index (χ0v) is 19.8. The average Bonchev–Trinajstić information content (AvgIpc) is 3.36. The number of benzene rings is 2. The summed E-state index contributed by atoms with van der Waals surface area (Å²) in [7, 11) is -1.16. The maximum atomic E-state index is 12.5. The van der Waals surface area contributed by atoms with E-state index in [1.165, 1.54) is 24.8 Å². The van der Waals surface area contributed by atoms with Gasteiger partial charge in [-0.1, -0.05) is 73.0 Å². The van der Waals surface area contributed by atoms with Gasteiger partial charge in [0.2, 0.25) is 5.89 Å². The van der Waals surface area contributed by atoms with Crippen LogP contribution in [0.25, 0.3) is 0 Å². The fourth-order valence-electron chi connectivity index (χ4n) is 5.23. The first-order chi connectivity index (χ1) is 16.2. The summed E-state index contributed by atoms with van der Waals surface area (Å²) < 4.78 is 21.6. The van der Waals surface area contributed by atoms with Crippen molar-refractivity contribution in [2.45, 2.75) is 67.8 Å². The molecule has 1 aromatic heterocycles. The number of nitrogens with zero attached hydrogens (tertiary/aromatic N) is 3. The normalized spacial score (nSPS) is 20.5. The van der Waals surface area contributed by atoms with Gasteiger partial charge in [0.15, 0.2) is 5.82 Å². The highest BCUT2D eigenvalue weighted by molar-refractivity contribution is 7.83. The lowest BCUT2D eigenvalue weighted by atomic mass is 9.69. The first-order valence-corrected chi connectivity index (χ1v) is 13.2. The molecule has 2 aliphatic rings. The molecule has 0 spiro atoms. The van der Waals surface area contributed by atoms with Crippen molar-refractivity contribution in [1.29, 1.82) is 0 Å². The lowest BCUT2D eigenvalue weighted by molar-refractivity contribution is 0.177. The largest absolute Gasteiger partial charge is 0.338 e. The Morgan fingerprint density at radius 1 is 0.970 bits per heavy atom. The van der Waals surface area contributed by atoms with Gasteiger partial charge in [0.1, 0.15) is 11.0 Å². The molecule has 1 unspecified atom stereocenters. The van der Waals surface area contributed by atoms with Gasteiger partial charge in [0.25, 0.3) is 0 Å². The Bertz CT molecular complexity index is 1040. The number of rotatable bonds is 7. The second-order valence-electron chi connectivity index (χ2n) is 9.27. The first kappa shape index (κ1) is 22.4. The third kappa shape index (κ3) is 5.10. The number of aromatic nitrogens is 2. The van der Waals surface area contributed by atoms with Crippen LogP contribution in [0, 0.1) is 0 Å². The molecule has 7 heteroatoms. The van der Waals surface area contributed by atoms with Crippen molar-refractivity contribution in [1.82, 2.24) is 19.8 Å². The summed E-state index contributed by atoms with van der Waals surface area (Å²) in [4.78, 5) is 8.09. The molecule has 1 aliphatic carbocycles. The van der Waals surface area contributed by atoms with Crippen LogP contribution in [0.15, 0.2) is 70.1 Å². The molecule has 6 nitrogen and oxygen atoms in total. The number of piperidine rings is 1. The summed E-state index contributed by atoms with van der Waals surface area (Å²) in [5.74, 6) is 1.54. The van der Waals surface area contributed by atoms with E-state index < -0.39 is 11.0 Å². The molecule has 2 aromatic carbocycles. The van der Waals surface area contributed by atoms with Crippen LogP contribution in [0.3, 0.4) is 0 Å². The molecule has 1 aliphatic heterocycles. The monoisotopic (exact) mass is 464 g/mol. The van der Waals surface area contributed by atoms with Gasteiger partial charge in [0.05, 0.1) is 16.9 Å². The van der Waals surface area contributed by atoms with Crippen LogP contribution in [0.2, 0.25) is 0 Å². The van der Waals surface area contributed by atoms with Crippen molar-refractivity contribution in [2.24, 2.45) is 0 Å². The van der Waals surface area contributed by atoms with E-state index in [2.05, 4.69) is 45.1 Å². The van der Waals surface area contributed by atoms with Gasteiger partial charge in [-0.25, -0.2) is 8.93 Å². The average molecular weight is 465 g/mol. The van der Waals surface area contributed by atoms with Crippen molar-refractivity contribution in [3.05, 3.63) is 77.9 Å². The van der Waals surface area contributed by atoms with Crippen LogP contribution in [-0.4, -0.2) is 38.4 Å². The van der Waals surface area contributed by atoms with Crippen molar-refractivity contribution in [3.8, 4) is 0 Å². The molecule has 1 saturated carbocycles. The van der Waals surface area contributed by atoms with Crippen LogP contribution in [0.4, 0.5) is 0 Å². The van der Waals surface area contributed by atoms with E-state index in [-0.39, 0.29) is 11.5 Å². The quantitative estimate of drug-likeness (QED) is 0.553. The van der Waals surface area contributed by atoms with E-state index in [4.69, 9.17) is 9.51 Å². The number of nitrogens with one attached hydrogen (secondary N) is 1. The van der Waals surface area contributed by atoms with Crippen molar-refractivity contribution < 1.29 is 8.73 Å². The fourth-order valence-corrected chi connectivity index (χ4v) is 6.31. The maximum Gasteiger partial charge on any atom is 0.240 e. The van der Waals surface area contributed by atoms with Crippen LogP contribution >= 0.6 is 0 Å². The van der Waals surface area contributed by atoms with Gasteiger partial charge in [-0.15, -0.1) is 0 Å². The lowest BCUT2D eigenvalue weighted by Gasteiger charge is -2.35. The zero-order chi connectivity index (χ0) is 22.5. The van der Waals surface area contributed by atoms with Gasteiger partial charge < -0.3 is 4.52 Å². The van der Waals surface area contributed by atoms with E-state index in [1.807, 2.05) is 30.3 Å². The Hall–Kier alpha value is -2.35. The predicted molar refractivity (Wildman–Crippen MR) is 129 cm³/mol. The van der Waals surface area contributed by atoms with Crippen molar-refractivity contribution in [3.63, 3.8) is 0 Å². The number of hydrogen-bond donors (Lipinski definition) is 1. The molecule has 0 radical (unpaired) electrons. The van der Waals surface area contributed by atoms with E-state index >= 15 is 0 Å². The van der Waals surface area contributed by atoms with Crippen LogP contribution in [0.1, 0.15) is 62.2 Å². The molecule has 0 bridgehead atoms. The maximum absolute atomic E-state index is 12.5. The second kappa shape index (κ2) is 10.3. The molecular weight excluding hydrogens is 432 g/mol. The first-order valence-electron chi connectivity index (χ1n) is 12.1. The predicted octanol–water partition coefficient (Wildman–Crippen LogP) is 4.60. The van der Waals surface area contributed by atoms with Gasteiger partial charge in [0, 0.05) is 19.1 Å². The fraction of sp³-hybridized carbons (Fsp3) is 0.462. The van der Waals surface area contributed by atoms with Gasteiger partial charge in [-0.3, -0.25) is 4.90 Å². The molecule has 5 rings (SSSR count). The van der Waals surface area contributed by atoms with Crippen molar-refractivity contribution >= 4 is 11.0 Å².